The average molecular weight is 329 g/mol. The lowest BCUT2D eigenvalue weighted by atomic mass is 10.1. The first-order valence-corrected chi connectivity index (χ1v) is 8.08. The molecule has 0 aliphatic rings. The number of aromatic nitrogens is 2. The zero-order chi connectivity index (χ0) is 17.6. The van der Waals surface area contributed by atoms with Crippen LogP contribution in [0.15, 0.2) is 60.7 Å². The number of nitriles is 1. The van der Waals surface area contributed by atoms with Crippen molar-refractivity contribution in [3.63, 3.8) is 0 Å². The van der Waals surface area contributed by atoms with Gasteiger partial charge in [0.25, 0.3) is 0 Å². The third-order valence-electron chi connectivity index (χ3n) is 3.77. The molecule has 0 saturated heterocycles. The Kier molecular flexibility index (Phi) is 4.91. The molecule has 5 nitrogen and oxygen atoms in total. The van der Waals surface area contributed by atoms with E-state index in [0.717, 1.165) is 17.2 Å². The highest BCUT2D eigenvalue weighted by Gasteiger charge is 2.08. The van der Waals surface area contributed by atoms with Crippen molar-refractivity contribution in [3.05, 3.63) is 77.5 Å². The molecule has 2 N–H and O–H groups in total. The van der Waals surface area contributed by atoms with Gasteiger partial charge in [0.15, 0.2) is 0 Å². The van der Waals surface area contributed by atoms with Crippen LogP contribution in [0.3, 0.4) is 0 Å². The molecule has 3 aromatic rings. The fourth-order valence-electron chi connectivity index (χ4n) is 2.54. The molecule has 124 valence electrons. The lowest BCUT2D eigenvalue weighted by molar-refractivity contribution is 0.871. The zero-order valence-corrected chi connectivity index (χ0v) is 14.2. The lowest BCUT2D eigenvalue weighted by Gasteiger charge is -2.16. The van der Waals surface area contributed by atoms with Crippen LogP contribution in [-0.2, 0) is 0 Å². The number of anilines is 3. The molecule has 0 fully saturated rings. The fraction of sp³-hybridized carbons (Fsp3) is 0.150. The topological polar surface area (TPSA) is 73.6 Å². The molecule has 1 unspecified atom stereocenters. The van der Waals surface area contributed by atoms with Crippen molar-refractivity contribution in [2.45, 2.75) is 19.9 Å². The lowest BCUT2D eigenvalue weighted by Crippen LogP contribution is -2.09. The molecule has 0 spiro atoms. The van der Waals surface area contributed by atoms with Crippen molar-refractivity contribution >= 4 is 17.5 Å². The van der Waals surface area contributed by atoms with Gasteiger partial charge in [-0.1, -0.05) is 36.4 Å². The Morgan fingerprint density at radius 2 is 1.80 bits per heavy atom. The molecular weight excluding hydrogens is 310 g/mol. The number of hydrogen-bond acceptors (Lipinski definition) is 5. The second-order valence-corrected chi connectivity index (χ2v) is 5.81. The molecule has 0 saturated carbocycles. The van der Waals surface area contributed by atoms with Gasteiger partial charge in [-0.3, -0.25) is 0 Å². The predicted octanol–water partition coefficient (Wildman–Crippen LogP) is 4.57. The number of aryl methyl sites for hydroxylation is 1. The Morgan fingerprint density at radius 1 is 1.00 bits per heavy atom. The summed E-state index contributed by atoms with van der Waals surface area (Å²) in [5, 5.41) is 15.6. The van der Waals surface area contributed by atoms with Gasteiger partial charge in [0.1, 0.15) is 5.82 Å². The summed E-state index contributed by atoms with van der Waals surface area (Å²) < 4.78 is 0. The first-order valence-electron chi connectivity index (χ1n) is 8.08. The summed E-state index contributed by atoms with van der Waals surface area (Å²) in [6.07, 6.45) is 0. The van der Waals surface area contributed by atoms with Crippen molar-refractivity contribution in [2.75, 3.05) is 10.6 Å². The maximum Gasteiger partial charge on any atom is 0.229 e. The summed E-state index contributed by atoms with van der Waals surface area (Å²) in [7, 11) is 0. The number of rotatable bonds is 5. The van der Waals surface area contributed by atoms with Gasteiger partial charge in [-0.05, 0) is 37.6 Å². The molecular formula is C20H19N5. The highest BCUT2D eigenvalue weighted by Crippen LogP contribution is 2.21. The SMILES string of the molecule is Cc1cc(NC(C)c2ccccc2)nc(Nc2cccc(C#N)c2)n1. The van der Waals surface area contributed by atoms with E-state index in [0.29, 0.717) is 11.5 Å². The van der Waals surface area contributed by atoms with Crippen LogP contribution in [0, 0.1) is 18.3 Å². The maximum absolute atomic E-state index is 9.00. The van der Waals surface area contributed by atoms with Gasteiger partial charge in [-0.25, -0.2) is 4.98 Å². The predicted molar refractivity (Wildman–Crippen MR) is 99.7 cm³/mol. The van der Waals surface area contributed by atoms with Crippen LogP contribution in [0.25, 0.3) is 0 Å². The molecule has 0 radical (unpaired) electrons. The minimum Gasteiger partial charge on any atom is -0.363 e. The summed E-state index contributed by atoms with van der Waals surface area (Å²) in [4.78, 5) is 8.95. The second kappa shape index (κ2) is 7.45. The quantitative estimate of drug-likeness (QED) is 0.717. The Morgan fingerprint density at radius 3 is 2.56 bits per heavy atom. The Hall–Kier alpha value is -3.39. The molecule has 0 amide bonds. The summed E-state index contributed by atoms with van der Waals surface area (Å²) in [5.41, 5.74) is 3.42. The maximum atomic E-state index is 9.00. The molecule has 0 aliphatic carbocycles. The molecule has 5 heteroatoms. The van der Waals surface area contributed by atoms with E-state index in [1.165, 1.54) is 5.56 Å². The van der Waals surface area contributed by atoms with Gasteiger partial charge in [0.05, 0.1) is 11.6 Å². The summed E-state index contributed by atoms with van der Waals surface area (Å²) in [5.74, 6) is 1.25. The molecule has 3 rings (SSSR count). The van der Waals surface area contributed by atoms with Crippen LogP contribution in [0.1, 0.15) is 29.8 Å². The molecule has 0 bridgehead atoms. The van der Waals surface area contributed by atoms with Crippen molar-refractivity contribution < 1.29 is 0 Å². The highest BCUT2D eigenvalue weighted by atomic mass is 15.1. The molecule has 2 aromatic carbocycles. The molecule has 1 aromatic heterocycles. The fourth-order valence-corrected chi connectivity index (χ4v) is 2.54. The monoisotopic (exact) mass is 329 g/mol. The standard InChI is InChI=1S/C20H19N5/c1-14-11-19(23-15(2)17-8-4-3-5-9-17)25-20(22-14)24-18-10-6-7-16(12-18)13-21/h3-12,15H,1-2H3,(H2,22,23,24,25). The van der Waals surface area contributed by atoms with Crippen molar-refractivity contribution in [1.82, 2.24) is 9.97 Å². The molecule has 1 heterocycles. The smallest absolute Gasteiger partial charge is 0.229 e. The Balaban J connectivity index is 1.79. The summed E-state index contributed by atoms with van der Waals surface area (Å²) in [6, 6.07) is 21.6. The van der Waals surface area contributed by atoms with Gasteiger partial charge in [-0.2, -0.15) is 10.2 Å². The van der Waals surface area contributed by atoms with Crippen LogP contribution >= 0.6 is 0 Å². The van der Waals surface area contributed by atoms with Gasteiger partial charge in [0.2, 0.25) is 5.95 Å². The summed E-state index contributed by atoms with van der Waals surface area (Å²) >= 11 is 0. The van der Waals surface area contributed by atoms with Gasteiger partial charge in [-0.15, -0.1) is 0 Å². The van der Waals surface area contributed by atoms with Gasteiger partial charge < -0.3 is 10.6 Å². The summed E-state index contributed by atoms with van der Waals surface area (Å²) in [6.45, 7) is 4.02. The molecule has 0 aliphatic heterocycles. The van der Waals surface area contributed by atoms with Crippen molar-refractivity contribution in [1.29, 1.82) is 5.26 Å². The van der Waals surface area contributed by atoms with E-state index in [2.05, 4.69) is 45.7 Å². The minimum absolute atomic E-state index is 0.130. The van der Waals surface area contributed by atoms with E-state index in [1.54, 1.807) is 12.1 Å². The van der Waals surface area contributed by atoms with Crippen LogP contribution in [0.2, 0.25) is 0 Å². The molecule has 25 heavy (non-hydrogen) atoms. The first-order chi connectivity index (χ1) is 12.1. The third-order valence-corrected chi connectivity index (χ3v) is 3.77. The van der Waals surface area contributed by atoms with Crippen LogP contribution in [0.5, 0.6) is 0 Å². The van der Waals surface area contributed by atoms with Crippen LogP contribution < -0.4 is 10.6 Å². The minimum atomic E-state index is 0.130. The Bertz CT molecular complexity index is 899. The Labute approximate surface area is 147 Å². The second-order valence-electron chi connectivity index (χ2n) is 5.81. The normalized spacial score (nSPS) is 11.4. The number of nitrogens with one attached hydrogen (secondary N) is 2. The highest BCUT2D eigenvalue weighted by molar-refractivity contribution is 5.57. The average Bonchev–Trinajstić information content (AvgIpc) is 2.62. The molecule has 1 atom stereocenters. The van der Waals surface area contributed by atoms with Gasteiger partial charge >= 0.3 is 0 Å². The van der Waals surface area contributed by atoms with Gasteiger partial charge in [0, 0.05) is 23.5 Å². The van der Waals surface area contributed by atoms with E-state index < -0.39 is 0 Å². The first kappa shape index (κ1) is 16.5. The van der Waals surface area contributed by atoms with Crippen molar-refractivity contribution in [2.24, 2.45) is 0 Å². The van der Waals surface area contributed by atoms with E-state index in [9.17, 15) is 0 Å². The number of hydrogen-bond donors (Lipinski definition) is 2. The largest absolute Gasteiger partial charge is 0.363 e. The number of benzene rings is 2. The zero-order valence-electron chi connectivity index (χ0n) is 14.2. The van der Waals surface area contributed by atoms with Crippen LogP contribution in [-0.4, -0.2) is 9.97 Å². The van der Waals surface area contributed by atoms with Crippen molar-refractivity contribution in [3.8, 4) is 6.07 Å². The van der Waals surface area contributed by atoms with E-state index in [-0.39, 0.29) is 6.04 Å². The van der Waals surface area contributed by atoms with E-state index >= 15 is 0 Å². The third kappa shape index (κ3) is 4.33. The van der Waals surface area contributed by atoms with E-state index in [4.69, 9.17) is 5.26 Å². The van der Waals surface area contributed by atoms with Crippen LogP contribution in [0.4, 0.5) is 17.5 Å². The number of nitrogens with zero attached hydrogens (tertiary/aromatic N) is 3. The van der Waals surface area contributed by atoms with E-state index in [1.807, 2.05) is 43.3 Å².